The lowest BCUT2D eigenvalue weighted by Crippen LogP contribution is -2.45. The maximum absolute atomic E-state index is 13.3. The number of benzene rings is 1. The molecule has 0 unspecified atom stereocenters. The van der Waals surface area contributed by atoms with Crippen molar-refractivity contribution in [2.45, 2.75) is 51.5 Å². The quantitative estimate of drug-likeness (QED) is 0.709. The zero-order valence-electron chi connectivity index (χ0n) is 16.8. The van der Waals surface area contributed by atoms with Crippen molar-refractivity contribution in [2.24, 2.45) is 0 Å². The highest BCUT2D eigenvalue weighted by atomic mass is 32.1. The SMILES string of the molecule is Cc1nc(-c2ccccc2)c(CC(=O)N(CCN(C)C)C2CCCCC2)s1. The van der Waals surface area contributed by atoms with Gasteiger partial charge in [0.2, 0.25) is 5.91 Å². The molecular weight excluding hydrogens is 354 g/mol. The summed E-state index contributed by atoms with van der Waals surface area (Å²) in [5.41, 5.74) is 2.07. The molecule has 1 saturated carbocycles. The third-order valence-corrected chi connectivity index (χ3v) is 6.26. The zero-order chi connectivity index (χ0) is 19.2. The summed E-state index contributed by atoms with van der Waals surface area (Å²) >= 11 is 1.66. The Morgan fingerprint density at radius 1 is 1.11 bits per heavy atom. The molecule has 0 N–H and O–H groups in total. The molecule has 1 aliphatic carbocycles. The summed E-state index contributed by atoms with van der Waals surface area (Å²) in [6.07, 6.45) is 6.54. The van der Waals surface area contributed by atoms with E-state index in [1.807, 2.05) is 25.1 Å². The van der Waals surface area contributed by atoms with Crippen molar-refractivity contribution in [3.05, 3.63) is 40.2 Å². The lowest BCUT2D eigenvalue weighted by molar-refractivity contribution is -0.133. The molecule has 1 fully saturated rings. The van der Waals surface area contributed by atoms with Crippen LogP contribution in [0.3, 0.4) is 0 Å². The Labute approximate surface area is 167 Å². The smallest absolute Gasteiger partial charge is 0.228 e. The molecule has 3 rings (SSSR count). The summed E-state index contributed by atoms with van der Waals surface area (Å²) < 4.78 is 0. The van der Waals surface area contributed by atoms with Crippen molar-refractivity contribution >= 4 is 17.2 Å². The Morgan fingerprint density at radius 2 is 1.81 bits per heavy atom. The molecule has 1 heterocycles. The number of carbonyl (C=O) groups is 1. The van der Waals surface area contributed by atoms with Crippen molar-refractivity contribution in [3.8, 4) is 11.3 Å². The van der Waals surface area contributed by atoms with E-state index < -0.39 is 0 Å². The van der Waals surface area contributed by atoms with E-state index in [1.165, 1.54) is 19.3 Å². The van der Waals surface area contributed by atoms with Gasteiger partial charge in [-0.05, 0) is 33.9 Å². The maximum Gasteiger partial charge on any atom is 0.228 e. The molecule has 1 amide bonds. The highest BCUT2D eigenvalue weighted by Crippen LogP contribution is 2.30. The molecule has 2 aromatic rings. The number of hydrogen-bond acceptors (Lipinski definition) is 4. The van der Waals surface area contributed by atoms with E-state index in [1.54, 1.807) is 11.3 Å². The van der Waals surface area contributed by atoms with E-state index in [-0.39, 0.29) is 5.91 Å². The van der Waals surface area contributed by atoms with Crippen LogP contribution in [0.2, 0.25) is 0 Å². The second kappa shape index (κ2) is 9.47. The highest BCUT2D eigenvalue weighted by molar-refractivity contribution is 7.12. The van der Waals surface area contributed by atoms with Gasteiger partial charge in [0.05, 0.1) is 17.1 Å². The molecule has 0 saturated heterocycles. The predicted molar refractivity (Wildman–Crippen MR) is 113 cm³/mol. The topological polar surface area (TPSA) is 36.4 Å². The molecule has 1 aliphatic rings. The van der Waals surface area contributed by atoms with Gasteiger partial charge >= 0.3 is 0 Å². The average Bonchev–Trinajstić information content (AvgIpc) is 3.03. The van der Waals surface area contributed by atoms with Gasteiger partial charge in [0.25, 0.3) is 0 Å². The molecule has 0 aliphatic heterocycles. The number of thiazole rings is 1. The Balaban J connectivity index is 1.78. The Hall–Kier alpha value is -1.72. The average molecular weight is 386 g/mol. The minimum Gasteiger partial charge on any atom is -0.338 e. The van der Waals surface area contributed by atoms with E-state index in [0.29, 0.717) is 12.5 Å². The van der Waals surface area contributed by atoms with Gasteiger partial charge in [-0.3, -0.25) is 4.79 Å². The molecule has 0 spiro atoms. The first kappa shape index (κ1) is 20.0. The molecule has 27 heavy (non-hydrogen) atoms. The van der Waals surface area contributed by atoms with E-state index >= 15 is 0 Å². The van der Waals surface area contributed by atoms with E-state index in [4.69, 9.17) is 4.98 Å². The molecule has 5 heteroatoms. The van der Waals surface area contributed by atoms with Crippen molar-refractivity contribution < 1.29 is 4.79 Å². The summed E-state index contributed by atoms with van der Waals surface area (Å²) in [4.78, 5) is 23.4. The first-order valence-corrected chi connectivity index (χ1v) is 10.8. The molecule has 0 radical (unpaired) electrons. The highest BCUT2D eigenvalue weighted by Gasteiger charge is 2.26. The predicted octanol–water partition coefficient (Wildman–Crippen LogP) is 4.38. The monoisotopic (exact) mass is 385 g/mol. The Morgan fingerprint density at radius 3 is 2.48 bits per heavy atom. The number of rotatable bonds is 7. The largest absolute Gasteiger partial charge is 0.338 e. The van der Waals surface area contributed by atoms with Crippen LogP contribution in [0.4, 0.5) is 0 Å². The number of aromatic nitrogens is 1. The van der Waals surface area contributed by atoms with Crippen molar-refractivity contribution in [1.82, 2.24) is 14.8 Å². The Kier molecular flexibility index (Phi) is 7.02. The number of nitrogens with zero attached hydrogens (tertiary/aromatic N) is 3. The lowest BCUT2D eigenvalue weighted by Gasteiger charge is -2.35. The Bertz CT molecular complexity index is 735. The molecule has 4 nitrogen and oxygen atoms in total. The second-order valence-corrected chi connectivity index (χ2v) is 9.02. The van der Waals surface area contributed by atoms with E-state index in [2.05, 4.69) is 36.0 Å². The first-order chi connectivity index (χ1) is 13.0. The van der Waals surface area contributed by atoms with Gasteiger partial charge in [-0.25, -0.2) is 4.98 Å². The molecule has 146 valence electrons. The number of aryl methyl sites for hydroxylation is 1. The fourth-order valence-electron chi connectivity index (χ4n) is 3.86. The van der Waals surface area contributed by atoms with Crippen LogP contribution in [0.5, 0.6) is 0 Å². The van der Waals surface area contributed by atoms with Gasteiger partial charge in [-0.2, -0.15) is 0 Å². The van der Waals surface area contributed by atoms with Crippen LogP contribution in [0, 0.1) is 6.92 Å². The number of hydrogen-bond donors (Lipinski definition) is 0. The summed E-state index contributed by atoms with van der Waals surface area (Å²) in [5, 5.41) is 1.02. The van der Waals surface area contributed by atoms with Crippen molar-refractivity contribution in [3.63, 3.8) is 0 Å². The fraction of sp³-hybridized carbons (Fsp3) is 0.545. The van der Waals surface area contributed by atoms with Gasteiger partial charge in [0.1, 0.15) is 0 Å². The van der Waals surface area contributed by atoms with Crippen molar-refractivity contribution in [1.29, 1.82) is 0 Å². The number of carbonyl (C=O) groups excluding carboxylic acids is 1. The third-order valence-electron chi connectivity index (χ3n) is 5.29. The molecule has 1 aromatic heterocycles. The van der Waals surface area contributed by atoms with Crippen LogP contribution >= 0.6 is 11.3 Å². The first-order valence-electron chi connectivity index (χ1n) is 10.0. The fourth-order valence-corrected chi connectivity index (χ4v) is 4.81. The standard InChI is InChI=1S/C22H31N3OS/c1-17-23-22(18-10-6-4-7-11-18)20(27-17)16-21(26)25(15-14-24(2)3)19-12-8-5-9-13-19/h4,6-7,10-11,19H,5,8-9,12-16H2,1-3H3. The van der Waals surface area contributed by atoms with Crippen LogP contribution in [-0.4, -0.2) is 53.9 Å². The zero-order valence-corrected chi connectivity index (χ0v) is 17.6. The van der Waals surface area contributed by atoms with Crippen LogP contribution in [0.1, 0.15) is 42.0 Å². The van der Waals surface area contributed by atoms with Crippen LogP contribution < -0.4 is 0 Å². The van der Waals surface area contributed by atoms with Gasteiger partial charge in [-0.1, -0.05) is 49.6 Å². The maximum atomic E-state index is 13.3. The molecule has 0 bridgehead atoms. The van der Waals surface area contributed by atoms with Crippen LogP contribution in [0.25, 0.3) is 11.3 Å². The lowest BCUT2D eigenvalue weighted by atomic mass is 9.94. The summed E-state index contributed by atoms with van der Waals surface area (Å²) in [6, 6.07) is 10.6. The normalized spacial score (nSPS) is 15.3. The van der Waals surface area contributed by atoms with E-state index in [0.717, 1.165) is 47.1 Å². The van der Waals surface area contributed by atoms with Crippen LogP contribution in [0.15, 0.2) is 30.3 Å². The van der Waals surface area contributed by atoms with E-state index in [9.17, 15) is 4.79 Å². The second-order valence-electron chi connectivity index (χ2n) is 7.73. The van der Waals surface area contributed by atoms with Gasteiger partial charge in [0, 0.05) is 29.6 Å². The number of likely N-dealkylation sites (N-methyl/N-ethyl adjacent to an activating group) is 1. The van der Waals surface area contributed by atoms with Crippen LogP contribution in [-0.2, 0) is 11.2 Å². The molecule has 1 aromatic carbocycles. The molecular formula is C22H31N3OS. The summed E-state index contributed by atoms with van der Waals surface area (Å²) in [7, 11) is 4.15. The number of amides is 1. The summed E-state index contributed by atoms with van der Waals surface area (Å²) in [5.74, 6) is 0.254. The van der Waals surface area contributed by atoms with Gasteiger partial charge < -0.3 is 9.80 Å². The molecule has 0 atom stereocenters. The van der Waals surface area contributed by atoms with Gasteiger partial charge in [-0.15, -0.1) is 11.3 Å². The summed E-state index contributed by atoms with van der Waals surface area (Å²) in [6.45, 7) is 3.75. The third kappa shape index (κ3) is 5.39. The van der Waals surface area contributed by atoms with Crippen molar-refractivity contribution in [2.75, 3.05) is 27.2 Å². The van der Waals surface area contributed by atoms with Gasteiger partial charge in [0.15, 0.2) is 0 Å². The minimum atomic E-state index is 0.254. The minimum absolute atomic E-state index is 0.254.